The zero-order valence-corrected chi connectivity index (χ0v) is 15.4. The number of nitrogen functional groups attached to an aromatic ring is 1. The first kappa shape index (κ1) is 19.5. The van der Waals surface area contributed by atoms with Crippen molar-refractivity contribution in [2.24, 2.45) is 0 Å². The van der Waals surface area contributed by atoms with Crippen LogP contribution in [-0.2, 0) is 12.0 Å². The van der Waals surface area contributed by atoms with Crippen LogP contribution in [0.4, 0.5) is 5.69 Å². The summed E-state index contributed by atoms with van der Waals surface area (Å²) in [6.07, 6.45) is 3.24. The Morgan fingerprint density at radius 1 is 1.26 bits per heavy atom. The number of nitrogens with two attached hydrogens (primary N) is 1. The van der Waals surface area contributed by atoms with Gasteiger partial charge in [-0.3, -0.25) is 9.48 Å². The van der Waals surface area contributed by atoms with E-state index in [1.807, 2.05) is 4.68 Å². The molecule has 1 amide bonds. The van der Waals surface area contributed by atoms with E-state index in [-0.39, 0.29) is 23.6 Å². The predicted octanol–water partition coefficient (Wildman–Crippen LogP) is 2.45. The van der Waals surface area contributed by atoms with E-state index < -0.39 is 5.54 Å². The first-order chi connectivity index (χ1) is 10.5. The van der Waals surface area contributed by atoms with Crippen LogP contribution < -0.4 is 11.1 Å². The normalized spacial score (nSPS) is 12.5. The van der Waals surface area contributed by atoms with Crippen LogP contribution in [0.2, 0.25) is 0 Å². The molecule has 23 heavy (non-hydrogen) atoms. The highest BCUT2D eigenvalue weighted by molar-refractivity contribution is 5.98. The average Bonchev–Trinajstić information content (AvgIpc) is 2.75. The van der Waals surface area contributed by atoms with Crippen molar-refractivity contribution >= 4 is 11.6 Å². The number of unbranched alkanes of at least 4 members (excludes halogenated alkanes) is 2. The molecule has 0 aliphatic carbocycles. The quantitative estimate of drug-likeness (QED) is 0.672. The SMILES string of the molecule is CCCCCn1nc(C(=O)NC(C)(C)CO)c(N)c1C(C)(C)C. The first-order valence-electron chi connectivity index (χ1n) is 8.33. The number of carbonyl (C=O) groups is 1. The lowest BCUT2D eigenvalue weighted by atomic mass is 9.90. The van der Waals surface area contributed by atoms with E-state index in [0.29, 0.717) is 5.69 Å². The molecule has 0 unspecified atom stereocenters. The molecule has 0 spiro atoms. The van der Waals surface area contributed by atoms with Crippen molar-refractivity contribution in [3.8, 4) is 0 Å². The third kappa shape index (κ3) is 4.96. The summed E-state index contributed by atoms with van der Waals surface area (Å²) in [7, 11) is 0. The summed E-state index contributed by atoms with van der Waals surface area (Å²) in [5, 5.41) is 16.6. The molecule has 1 aromatic rings. The molecule has 1 rings (SSSR count). The number of hydrogen-bond acceptors (Lipinski definition) is 4. The molecule has 6 nitrogen and oxygen atoms in total. The second kappa shape index (κ2) is 7.34. The van der Waals surface area contributed by atoms with Crippen molar-refractivity contribution in [2.75, 3.05) is 12.3 Å². The topological polar surface area (TPSA) is 93.2 Å². The molecule has 0 aliphatic heterocycles. The summed E-state index contributed by atoms with van der Waals surface area (Å²) in [5.41, 5.74) is 6.90. The molecule has 1 heterocycles. The molecule has 4 N–H and O–H groups in total. The molecule has 0 radical (unpaired) electrons. The number of nitrogens with one attached hydrogen (secondary N) is 1. The Morgan fingerprint density at radius 3 is 2.35 bits per heavy atom. The molecule has 0 fully saturated rings. The maximum atomic E-state index is 12.5. The third-order valence-corrected chi connectivity index (χ3v) is 3.74. The lowest BCUT2D eigenvalue weighted by Gasteiger charge is -2.23. The van der Waals surface area contributed by atoms with Crippen LogP contribution in [0.5, 0.6) is 0 Å². The fraction of sp³-hybridized carbons (Fsp3) is 0.765. The standard InChI is InChI=1S/C17H32N4O2/c1-7-8-9-10-21-14(16(2,3)4)12(18)13(20-21)15(23)19-17(5,6)11-22/h22H,7-11,18H2,1-6H3,(H,19,23). The maximum Gasteiger partial charge on any atom is 0.274 e. The van der Waals surface area contributed by atoms with Crippen LogP contribution in [0.1, 0.15) is 77.0 Å². The fourth-order valence-electron chi connectivity index (χ4n) is 2.51. The molecule has 0 bridgehead atoms. The van der Waals surface area contributed by atoms with Gasteiger partial charge in [0, 0.05) is 12.0 Å². The zero-order valence-electron chi connectivity index (χ0n) is 15.4. The number of carbonyl (C=O) groups excluding carboxylic acids is 1. The number of aliphatic hydroxyl groups excluding tert-OH is 1. The Labute approximate surface area is 139 Å². The highest BCUT2D eigenvalue weighted by atomic mass is 16.3. The Morgan fingerprint density at radius 2 is 1.87 bits per heavy atom. The number of amides is 1. The number of nitrogens with zero attached hydrogens (tertiary/aromatic N) is 2. The highest BCUT2D eigenvalue weighted by Crippen LogP contribution is 2.30. The lowest BCUT2D eigenvalue weighted by Crippen LogP contribution is -2.46. The number of rotatable bonds is 7. The van der Waals surface area contributed by atoms with E-state index in [4.69, 9.17) is 5.73 Å². The van der Waals surface area contributed by atoms with Crippen molar-refractivity contribution in [3.63, 3.8) is 0 Å². The molecule has 0 saturated heterocycles. The molecule has 6 heteroatoms. The molecule has 0 saturated carbocycles. The summed E-state index contributed by atoms with van der Waals surface area (Å²) in [6, 6.07) is 0. The molecule has 132 valence electrons. The van der Waals surface area contributed by atoms with Crippen molar-refractivity contribution in [3.05, 3.63) is 11.4 Å². The van der Waals surface area contributed by atoms with Crippen LogP contribution in [0.25, 0.3) is 0 Å². The van der Waals surface area contributed by atoms with Gasteiger partial charge in [-0.1, -0.05) is 40.5 Å². The lowest BCUT2D eigenvalue weighted by molar-refractivity contribution is 0.0864. The zero-order chi connectivity index (χ0) is 17.8. The van der Waals surface area contributed by atoms with Gasteiger partial charge in [0.2, 0.25) is 0 Å². The van der Waals surface area contributed by atoms with Crippen molar-refractivity contribution < 1.29 is 9.90 Å². The Kier molecular flexibility index (Phi) is 6.22. The minimum atomic E-state index is -0.711. The van der Waals surface area contributed by atoms with Gasteiger partial charge in [0.15, 0.2) is 5.69 Å². The second-order valence-electron chi connectivity index (χ2n) is 7.79. The van der Waals surface area contributed by atoms with Crippen molar-refractivity contribution in [1.29, 1.82) is 0 Å². The number of hydrogen-bond donors (Lipinski definition) is 3. The maximum absolute atomic E-state index is 12.5. The second-order valence-corrected chi connectivity index (χ2v) is 7.79. The van der Waals surface area contributed by atoms with Gasteiger partial charge in [-0.05, 0) is 20.3 Å². The number of aromatic nitrogens is 2. The van der Waals surface area contributed by atoms with Crippen LogP contribution in [0.3, 0.4) is 0 Å². The van der Waals surface area contributed by atoms with Gasteiger partial charge in [-0.25, -0.2) is 0 Å². The van der Waals surface area contributed by atoms with Crippen molar-refractivity contribution in [2.45, 2.75) is 78.3 Å². The van der Waals surface area contributed by atoms with Crippen LogP contribution >= 0.6 is 0 Å². The number of aliphatic hydroxyl groups is 1. The van der Waals surface area contributed by atoms with E-state index in [0.717, 1.165) is 31.5 Å². The summed E-state index contributed by atoms with van der Waals surface area (Å²) < 4.78 is 1.87. The van der Waals surface area contributed by atoms with Gasteiger partial charge >= 0.3 is 0 Å². The largest absolute Gasteiger partial charge is 0.395 e. The molecule has 0 aliphatic rings. The Bertz CT molecular complexity index is 542. The fourth-order valence-corrected chi connectivity index (χ4v) is 2.51. The van der Waals surface area contributed by atoms with E-state index >= 15 is 0 Å². The van der Waals surface area contributed by atoms with E-state index in [2.05, 4.69) is 38.1 Å². The average molecular weight is 324 g/mol. The minimum Gasteiger partial charge on any atom is -0.395 e. The summed E-state index contributed by atoms with van der Waals surface area (Å²) in [5.74, 6) is -0.346. The predicted molar refractivity (Wildman–Crippen MR) is 93.5 cm³/mol. The Hall–Kier alpha value is -1.56. The van der Waals surface area contributed by atoms with Gasteiger partial charge < -0.3 is 16.2 Å². The molecular formula is C17H32N4O2. The monoisotopic (exact) mass is 324 g/mol. The van der Waals surface area contributed by atoms with Crippen LogP contribution in [0.15, 0.2) is 0 Å². The molecular weight excluding hydrogens is 292 g/mol. The van der Waals surface area contributed by atoms with Gasteiger partial charge in [0.1, 0.15) is 0 Å². The smallest absolute Gasteiger partial charge is 0.274 e. The first-order valence-corrected chi connectivity index (χ1v) is 8.33. The van der Waals surface area contributed by atoms with Gasteiger partial charge in [0.25, 0.3) is 5.91 Å². The van der Waals surface area contributed by atoms with Gasteiger partial charge in [0.05, 0.1) is 23.5 Å². The summed E-state index contributed by atoms with van der Waals surface area (Å²) in [4.78, 5) is 12.5. The molecule has 0 aromatic carbocycles. The molecule has 0 atom stereocenters. The van der Waals surface area contributed by atoms with Gasteiger partial charge in [-0.15, -0.1) is 0 Å². The van der Waals surface area contributed by atoms with Crippen molar-refractivity contribution in [1.82, 2.24) is 15.1 Å². The number of aryl methyl sites for hydroxylation is 1. The van der Waals surface area contributed by atoms with E-state index in [1.54, 1.807) is 13.8 Å². The number of anilines is 1. The van der Waals surface area contributed by atoms with E-state index in [1.165, 1.54) is 0 Å². The minimum absolute atomic E-state index is 0.151. The summed E-state index contributed by atoms with van der Waals surface area (Å²) in [6.45, 7) is 12.5. The molecule has 1 aromatic heterocycles. The van der Waals surface area contributed by atoms with E-state index in [9.17, 15) is 9.90 Å². The highest BCUT2D eigenvalue weighted by Gasteiger charge is 2.30. The van der Waals surface area contributed by atoms with Gasteiger partial charge in [-0.2, -0.15) is 5.10 Å². The van der Waals surface area contributed by atoms with Crippen LogP contribution in [0, 0.1) is 0 Å². The summed E-state index contributed by atoms with van der Waals surface area (Å²) >= 11 is 0. The van der Waals surface area contributed by atoms with Crippen LogP contribution in [-0.4, -0.2) is 32.9 Å². The third-order valence-electron chi connectivity index (χ3n) is 3.74. The Balaban J connectivity index is 3.17.